The number of hydrogen-bond donors (Lipinski definition) is 0. The van der Waals surface area contributed by atoms with E-state index in [1.165, 1.54) is 82.4 Å². The van der Waals surface area contributed by atoms with E-state index in [0.717, 1.165) is 19.3 Å². The summed E-state index contributed by atoms with van der Waals surface area (Å²) in [6.45, 7) is 0. The topological polar surface area (TPSA) is 0 Å². The van der Waals surface area contributed by atoms with Crippen molar-refractivity contribution in [3.8, 4) is 0 Å². The van der Waals surface area contributed by atoms with Crippen LogP contribution in [0.5, 0.6) is 0 Å². The molecule has 0 aromatic heterocycles. The van der Waals surface area contributed by atoms with Crippen molar-refractivity contribution in [2.24, 2.45) is 0 Å². The molecule has 0 spiro atoms. The van der Waals surface area contributed by atoms with Gasteiger partial charge in [-0.2, -0.15) is 11.1 Å². The van der Waals surface area contributed by atoms with Gasteiger partial charge in [0.05, 0.1) is 0 Å². The second-order valence-corrected chi connectivity index (χ2v) is 12.6. The summed E-state index contributed by atoms with van der Waals surface area (Å²) in [6, 6.07) is 61.7. The fraction of sp³-hybridized carbons (Fsp3) is 0.0667. The SMILES string of the molecule is [C-]1=CC(Cc2ccccc2)=C(Cc2ccccc2)C1.[Cl-].[Cl-].[Zr+2]=[C](c1ccccc1)c1ccccc1.c1ccc2c(c1)[cH-]c1ccccc12. The maximum Gasteiger partial charge on any atom is -0.0771 e. The Morgan fingerprint density at radius 1 is 0.500 bits per heavy atom. The van der Waals surface area contributed by atoms with E-state index in [2.05, 4.69) is 188 Å². The zero-order valence-corrected chi connectivity index (χ0v) is 30.7. The Kier molecular flexibility index (Phi) is 14.7. The first kappa shape index (κ1) is 36.8. The van der Waals surface area contributed by atoms with Gasteiger partial charge >= 0.3 is 99.2 Å². The summed E-state index contributed by atoms with van der Waals surface area (Å²) < 4.78 is 1.42. The van der Waals surface area contributed by atoms with E-state index < -0.39 is 0 Å². The molecule has 0 saturated heterocycles. The normalized spacial score (nSPS) is 11.5. The number of fused-ring (bicyclic) bond motifs is 3. The maximum absolute atomic E-state index is 3.36. The molecule has 7 aromatic carbocycles. The molecule has 8 rings (SSSR count). The number of benzene rings is 6. The van der Waals surface area contributed by atoms with Gasteiger partial charge < -0.3 is 24.8 Å². The minimum Gasteiger partial charge on any atom is -0.126 e. The van der Waals surface area contributed by atoms with Gasteiger partial charge in [0.25, 0.3) is 0 Å². The van der Waals surface area contributed by atoms with Crippen LogP contribution in [0.1, 0.15) is 28.7 Å². The van der Waals surface area contributed by atoms with Crippen LogP contribution < -0.4 is 24.8 Å². The van der Waals surface area contributed by atoms with Gasteiger partial charge in [-0.3, -0.25) is 6.08 Å². The van der Waals surface area contributed by atoms with Crippen LogP contribution in [0.3, 0.4) is 0 Å². The molecular formula is C45H36Cl2Zr-2. The van der Waals surface area contributed by atoms with Gasteiger partial charge in [-0.25, -0.2) is 6.08 Å². The molecule has 0 saturated carbocycles. The number of halogens is 2. The van der Waals surface area contributed by atoms with E-state index in [0.29, 0.717) is 0 Å². The minimum atomic E-state index is 0. The third-order valence-electron chi connectivity index (χ3n) is 8.19. The summed E-state index contributed by atoms with van der Waals surface area (Å²) in [4.78, 5) is 0. The van der Waals surface area contributed by atoms with Crippen molar-refractivity contribution in [1.29, 1.82) is 0 Å². The van der Waals surface area contributed by atoms with Crippen molar-refractivity contribution in [2.75, 3.05) is 0 Å². The third kappa shape index (κ3) is 10.0. The van der Waals surface area contributed by atoms with E-state index in [4.69, 9.17) is 0 Å². The van der Waals surface area contributed by atoms with Gasteiger partial charge in [-0.05, 0) is 12.0 Å². The summed E-state index contributed by atoms with van der Waals surface area (Å²) in [5.41, 5.74) is 8.38. The van der Waals surface area contributed by atoms with Gasteiger partial charge in [-0.15, -0.1) is 46.2 Å². The first-order valence-corrected chi connectivity index (χ1v) is 17.1. The zero-order chi connectivity index (χ0) is 31.4. The van der Waals surface area contributed by atoms with Crippen LogP contribution in [0.25, 0.3) is 21.5 Å². The van der Waals surface area contributed by atoms with Gasteiger partial charge in [-0.1, -0.05) is 109 Å². The summed E-state index contributed by atoms with van der Waals surface area (Å²) >= 11 is 1.46. The van der Waals surface area contributed by atoms with Crippen molar-refractivity contribution >= 4 is 24.8 Å². The van der Waals surface area contributed by atoms with Gasteiger partial charge in [0.1, 0.15) is 0 Å². The Morgan fingerprint density at radius 3 is 1.38 bits per heavy atom. The molecule has 0 bridgehead atoms. The summed E-state index contributed by atoms with van der Waals surface area (Å²) in [6.07, 6.45) is 8.59. The predicted octanol–water partition coefficient (Wildman–Crippen LogP) is 5.05. The second-order valence-electron chi connectivity index (χ2n) is 11.4. The van der Waals surface area contributed by atoms with Crippen molar-refractivity contribution < 1.29 is 49.0 Å². The van der Waals surface area contributed by atoms with Crippen molar-refractivity contribution in [2.45, 2.75) is 19.3 Å². The van der Waals surface area contributed by atoms with Crippen LogP contribution in [0.4, 0.5) is 0 Å². The van der Waals surface area contributed by atoms with Crippen LogP contribution in [0.15, 0.2) is 193 Å². The molecule has 7 aromatic rings. The quantitative estimate of drug-likeness (QED) is 0.210. The Bertz CT molecular complexity index is 1970. The molecule has 1 aliphatic carbocycles. The average Bonchev–Trinajstić information content (AvgIpc) is 3.74. The van der Waals surface area contributed by atoms with Crippen LogP contribution in [0, 0.1) is 6.08 Å². The molecule has 0 radical (unpaired) electrons. The molecule has 0 nitrogen and oxygen atoms in total. The molecule has 1 aliphatic rings. The van der Waals surface area contributed by atoms with Crippen LogP contribution in [0.2, 0.25) is 0 Å². The molecule has 0 unspecified atom stereocenters. The molecule has 0 atom stereocenters. The van der Waals surface area contributed by atoms with E-state index in [-0.39, 0.29) is 24.8 Å². The number of allylic oxidation sites excluding steroid dienone is 4. The molecule has 3 heteroatoms. The van der Waals surface area contributed by atoms with Gasteiger partial charge in [0.15, 0.2) is 0 Å². The third-order valence-corrected chi connectivity index (χ3v) is 9.61. The largest absolute Gasteiger partial charge is 0.126 e. The molecular weight excluding hydrogens is 703 g/mol. The smallest absolute Gasteiger partial charge is 0.0771 e. The van der Waals surface area contributed by atoms with Crippen LogP contribution in [-0.4, -0.2) is 3.21 Å². The number of hydrogen-bond acceptors (Lipinski definition) is 0. The molecule has 0 amide bonds. The van der Waals surface area contributed by atoms with Crippen molar-refractivity contribution in [1.82, 2.24) is 0 Å². The first-order chi connectivity index (χ1) is 22.7. The second kappa shape index (κ2) is 19.1. The average molecular weight is 739 g/mol. The molecule has 0 aliphatic heterocycles. The zero-order valence-electron chi connectivity index (χ0n) is 26.7. The summed E-state index contributed by atoms with van der Waals surface area (Å²) in [7, 11) is 0. The molecule has 236 valence electrons. The standard InChI is InChI=1S/C19H17.C13H9.C13H10.2ClH.Zr/c1-3-8-16(9-4-1)14-18-12-7-13-19(18)15-17-10-5-2-6-11-17;1-3-7-12-10(5-1)9-11-6-2-4-8-13(11)12;1-3-7-12(8-4-1)11-13-9-5-2-6-10-13;;;/h1-6,8-12H,13-15H2;1-9H;1-10H;2*1H;/q2*-1;;;;+2/p-2. The van der Waals surface area contributed by atoms with Gasteiger partial charge in [0, 0.05) is 0 Å². The van der Waals surface area contributed by atoms with E-state index in [1.54, 1.807) is 0 Å². The van der Waals surface area contributed by atoms with E-state index in [9.17, 15) is 0 Å². The molecule has 0 N–H and O–H groups in total. The van der Waals surface area contributed by atoms with E-state index >= 15 is 0 Å². The van der Waals surface area contributed by atoms with Crippen molar-refractivity contribution in [3.05, 3.63) is 221 Å². The minimum absolute atomic E-state index is 0. The molecule has 0 heterocycles. The summed E-state index contributed by atoms with van der Waals surface area (Å²) in [5.74, 6) is 0. The van der Waals surface area contributed by atoms with E-state index in [1.807, 2.05) is 0 Å². The first-order valence-electron chi connectivity index (χ1n) is 15.8. The fourth-order valence-corrected chi connectivity index (χ4v) is 6.62. The van der Waals surface area contributed by atoms with Crippen LogP contribution >= 0.6 is 0 Å². The maximum atomic E-state index is 3.36. The van der Waals surface area contributed by atoms with Crippen LogP contribution in [-0.2, 0) is 37.1 Å². The van der Waals surface area contributed by atoms with Crippen molar-refractivity contribution in [3.63, 3.8) is 0 Å². The molecule has 48 heavy (non-hydrogen) atoms. The molecule has 0 fully saturated rings. The van der Waals surface area contributed by atoms with Gasteiger partial charge in [0.2, 0.25) is 0 Å². The Hall–Kier alpha value is -4.00. The summed E-state index contributed by atoms with van der Waals surface area (Å²) in [5, 5.41) is 5.39. The Balaban J connectivity index is 0.000000163. The fourth-order valence-electron chi connectivity index (χ4n) is 5.80. The Morgan fingerprint density at radius 2 is 0.896 bits per heavy atom. The Labute approximate surface area is 312 Å². The number of rotatable bonds is 6. The monoisotopic (exact) mass is 736 g/mol. The predicted molar refractivity (Wildman–Crippen MR) is 193 cm³/mol.